The minimum Gasteiger partial charge on any atom is -0.358 e. The van der Waals surface area contributed by atoms with Crippen LogP contribution in [0.25, 0.3) is 11.2 Å². The van der Waals surface area contributed by atoms with Crippen LogP contribution in [0.5, 0.6) is 0 Å². The number of nitrogens with zero attached hydrogens (tertiary/aromatic N) is 4. The average molecular weight is 165 g/mol. The highest BCUT2D eigenvalue weighted by Gasteiger charge is 2.10. The second-order valence-electron chi connectivity index (χ2n) is 2.11. The van der Waals surface area contributed by atoms with Gasteiger partial charge in [0.25, 0.3) is 0 Å². The Bertz CT molecular complexity index is 436. The maximum Gasteiger partial charge on any atom is 0.366 e. The average Bonchev–Trinajstić information content (AvgIpc) is 2.49. The lowest BCUT2D eigenvalue weighted by atomic mass is 10.4. The van der Waals surface area contributed by atoms with Crippen molar-refractivity contribution >= 4 is 17.0 Å². The van der Waals surface area contributed by atoms with Crippen molar-refractivity contribution in [3.8, 4) is 0 Å². The molecule has 60 valence electrons. The maximum absolute atomic E-state index is 10.3. The molecule has 0 amide bonds. The van der Waals surface area contributed by atoms with E-state index in [1.807, 2.05) is 0 Å². The number of hydrogen-bond acceptors (Lipinski definition) is 5. The molecule has 7 heteroatoms. The largest absolute Gasteiger partial charge is 0.366 e. The van der Waals surface area contributed by atoms with E-state index < -0.39 is 4.92 Å². The van der Waals surface area contributed by atoms with Crippen molar-refractivity contribution in [1.29, 1.82) is 0 Å². The van der Waals surface area contributed by atoms with Gasteiger partial charge >= 0.3 is 11.5 Å². The van der Waals surface area contributed by atoms with Gasteiger partial charge in [0.2, 0.25) is 0 Å². The third-order valence-corrected chi connectivity index (χ3v) is 1.36. The van der Waals surface area contributed by atoms with Crippen LogP contribution in [0.2, 0.25) is 0 Å². The number of hydrogen-bond donors (Lipinski definition) is 1. The predicted octanol–water partition coefficient (Wildman–Crippen LogP) is 0.261. The Labute approximate surface area is 65.6 Å². The molecule has 0 saturated carbocycles. The highest BCUT2D eigenvalue weighted by molar-refractivity contribution is 5.69. The Morgan fingerprint density at radius 2 is 2.33 bits per heavy atom. The van der Waals surface area contributed by atoms with Crippen LogP contribution in [0, 0.1) is 10.1 Å². The summed E-state index contributed by atoms with van der Waals surface area (Å²) >= 11 is 0. The van der Waals surface area contributed by atoms with Crippen molar-refractivity contribution < 1.29 is 4.92 Å². The number of aromatic amines is 1. The molecular weight excluding hydrogens is 162 g/mol. The van der Waals surface area contributed by atoms with E-state index in [0.717, 1.165) is 0 Å². The first-order chi connectivity index (χ1) is 5.77. The molecule has 0 unspecified atom stereocenters. The molecule has 0 aliphatic carbocycles. The zero-order valence-electron chi connectivity index (χ0n) is 5.76. The van der Waals surface area contributed by atoms with Crippen molar-refractivity contribution in [2.75, 3.05) is 0 Å². The van der Waals surface area contributed by atoms with Gasteiger partial charge in [-0.15, -0.1) is 0 Å². The second kappa shape index (κ2) is 2.22. The second-order valence-corrected chi connectivity index (χ2v) is 2.11. The SMILES string of the molecule is O=[N+]([O-])c1ccc2[nH]nnc2n1. The summed E-state index contributed by atoms with van der Waals surface area (Å²) in [5.74, 6) is -0.226. The molecule has 2 heterocycles. The molecule has 1 N–H and O–H groups in total. The van der Waals surface area contributed by atoms with Crippen molar-refractivity contribution in [3.05, 3.63) is 22.2 Å². The van der Waals surface area contributed by atoms with Gasteiger partial charge in [-0.05, 0) is 16.0 Å². The Hall–Kier alpha value is -2.05. The quantitative estimate of drug-likeness (QED) is 0.482. The van der Waals surface area contributed by atoms with E-state index in [1.165, 1.54) is 12.1 Å². The first kappa shape index (κ1) is 6.65. The number of H-pyrrole nitrogens is 1. The van der Waals surface area contributed by atoms with Gasteiger partial charge in [0.1, 0.15) is 5.52 Å². The molecule has 2 aromatic rings. The van der Waals surface area contributed by atoms with Gasteiger partial charge < -0.3 is 10.1 Å². The number of pyridine rings is 1. The summed E-state index contributed by atoms with van der Waals surface area (Å²) in [6, 6.07) is 2.81. The summed E-state index contributed by atoms with van der Waals surface area (Å²) in [6.07, 6.45) is 0. The van der Waals surface area contributed by atoms with Crippen LogP contribution in [-0.2, 0) is 0 Å². The van der Waals surface area contributed by atoms with E-state index >= 15 is 0 Å². The molecule has 0 aliphatic rings. The number of nitrogens with one attached hydrogen (secondary N) is 1. The van der Waals surface area contributed by atoms with Crippen LogP contribution in [0.1, 0.15) is 0 Å². The molecule has 0 spiro atoms. The molecule has 0 aliphatic heterocycles. The van der Waals surface area contributed by atoms with E-state index in [4.69, 9.17) is 0 Å². The Morgan fingerprint density at radius 1 is 1.50 bits per heavy atom. The summed E-state index contributed by atoms with van der Waals surface area (Å²) in [6.45, 7) is 0. The molecule has 2 aromatic heterocycles. The molecule has 2 rings (SSSR count). The molecule has 0 radical (unpaired) electrons. The standard InChI is InChI=1S/C5H3N5O2/c11-10(12)4-2-1-3-5(6-4)8-9-7-3/h1-2H,(H,6,7,8,9). The zero-order valence-corrected chi connectivity index (χ0v) is 5.76. The number of fused-ring (bicyclic) bond motifs is 1. The van der Waals surface area contributed by atoms with Gasteiger partial charge in [0, 0.05) is 6.07 Å². The van der Waals surface area contributed by atoms with Crippen LogP contribution >= 0.6 is 0 Å². The van der Waals surface area contributed by atoms with Crippen molar-refractivity contribution in [3.63, 3.8) is 0 Å². The maximum atomic E-state index is 10.3. The normalized spacial score (nSPS) is 10.3. The predicted molar refractivity (Wildman–Crippen MR) is 38.3 cm³/mol. The monoisotopic (exact) mass is 165 g/mol. The minimum atomic E-state index is -0.575. The van der Waals surface area contributed by atoms with Gasteiger partial charge in [-0.3, -0.25) is 5.10 Å². The van der Waals surface area contributed by atoms with Crippen LogP contribution in [-0.4, -0.2) is 25.3 Å². The third kappa shape index (κ3) is 0.875. The number of nitro groups is 1. The molecule has 0 atom stereocenters. The number of aromatic nitrogens is 4. The van der Waals surface area contributed by atoms with Gasteiger partial charge in [0.15, 0.2) is 0 Å². The molecule has 7 nitrogen and oxygen atoms in total. The molecule has 0 bridgehead atoms. The molecular formula is C5H3N5O2. The topological polar surface area (TPSA) is 97.6 Å². The third-order valence-electron chi connectivity index (χ3n) is 1.36. The van der Waals surface area contributed by atoms with Gasteiger partial charge in [0.05, 0.1) is 0 Å². The van der Waals surface area contributed by atoms with Crippen molar-refractivity contribution in [2.45, 2.75) is 0 Å². The fourth-order valence-corrected chi connectivity index (χ4v) is 0.830. The molecule has 12 heavy (non-hydrogen) atoms. The first-order valence-corrected chi connectivity index (χ1v) is 3.09. The minimum absolute atomic E-state index is 0.226. The van der Waals surface area contributed by atoms with E-state index in [-0.39, 0.29) is 11.5 Å². The summed E-state index contributed by atoms with van der Waals surface area (Å²) in [4.78, 5) is 13.3. The molecule has 0 fully saturated rings. The van der Waals surface area contributed by atoms with Gasteiger partial charge in [-0.2, -0.15) is 0 Å². The number of rotatable bonds is 1. The van der Waals surface area contributed by atoms with Crippen LogP contribution in [0.15, 0.2) is 12.1 Å². The van der Waals surface area contributed by atoms with Gasteiger partial charge in [-0.1, -0.05) is 10.3 Å². The molecule has 0 aromatic carbocycles. The smallest absolute Gasteiger partial charge is 0.358 e. The Balaban J connectivity index is 2.68. The van der Waals surface area contributed by atoms with Gasteiger partial charge in [-0.25, -0.2) is 0 Å². The van der Waals surface area contributed by atoms with Crippen molar-refractivity contribution in [1.82, 2.24) is 20.4 Å². The Morgan fingerprint density at radius 3 is 3.08 bits per heavy atom. The van der Waals surface area contributed by atoms with E-state index in [1.54, 1.807) is 0 Å². The highest BCUT2D eigenvalue weighted by Crippen LogP contribution is 2.10. The summed E-state index contributed by atoms with van der Waals surface area (Å²) < 4.78 is 0. The van der Waals surface area contributed by atoms with Crippen LogP contribution in [0.3, 0.4) is 0 Å². The summed E-state index contributed by atoms with van der Waals surface area (Å²) in [7, 11) is 0. The highest BCUT2D eigenvalue weighted by atomic mass is 16.6. The van der Waals surface area contributed by atoms with Crippen LogP contribution in [0.4, 0.5) is 5.82 Å². The van der Waals surface area contributed by atoms with E-state index in [0.29, 0.717) is 5.52 Å². The lowest BCUT2D eigenvalue weighted by molar-refractivity contribution is -0.389. The summed E-state index contributed by atoms with van der Waals surface area (Å²) in [5.41, 5.74) is 0.838. The lowest BCUT2D eigenvalue weighted by Crippen LogP contribution is -1.91. The van der Waals surface area contributed by atoms with Crippen LogP contribution < -0.4 is 0 Å². The zero-order chi connectivity index (χ0) is 8.55. The Kier molecular flexibility index (Phi) is 1.23. The fourth-order valence-electron chi connectivity index (χ4n) is 0.830. The van der Waals surface area contributed by atoms with E-state index in [2.05, 4.69) is 20.4 Å². The first-order valence-electron chi connectivity index (χ1n) is 3.09. The van der Waals surface area contributed by atoms with E-state index in [9.17, 15) is 10.1 Å². The van der Waals surface area contributed by atoms with Crippen molar-refractivity contribution in [2.24, 2.45) is 0 Å². The summed E-state index contributed by atoms with van der Waals surface area (Å²) in [5, 5.41) is 19.8. The lowest BCUT2D eigenvalue weighted by Gasteiger charge is -1.88. The fraction of sp³-hybridized carbons (Fsp3) is 0. The molecule has 0 saturated heterocycles.